The Morgan fingerprint density at radius 1 is 1.47 bits per heavy atom. The molecule has 1 rings (SSSR count). The molecule has 0 bridgehead atoms. The smallest absolute Gasteiger partial charge is 0.510 e. The average Bonchev–Trinajstić information content (AvgIpc) is 2.09. The summed E-state index contributed by atoms with van der Waals surface area (Å²) in [5, 5.41) is 17.8. The van der Waals surface area contributed by atoms with Crippen LogP contribution >= 0.6 is 0 Å². The van der Waals surface area contributed by atoms with Gasteiger partial charge in [0.1, 0.15) is 11.3 Å². The van der Waals surface area contributed by atoms with Crippen LogP contribution in [0.4, 0.5) is 0 Å². The van der Waals surface area contributed by atoms with Crippen molar-refractivity contribution >= 4 is 5.97 Å². The Hall–Kier alpha value is -0.806. The first-order valence-electron chi connectivity index (χ1n) is 3.93. The van der Waals surface area contributed by atoms with Gasteiger partial charge in [0.05, 0.1) is 0 Å². The van der Waals surface area contributed by atoms with Gasteiger partial charge >= 0.3 is 32.7 Å². The van der Waals surface area contributed by atoms with E-state index in [9.17, 15) is 14.7 Å². The Bertz CT molecular complexity index is 438. The number of nitrogens with zero attached hydrogens (tertiary/aromatic N) is 1. The predicted octanol–water partition coefficient (Wildman–Crippen LogP) is 0.263. The number of hydrogen-bond donors (Lipinski definition) is 2. The number of hydrogen-bond acceptors (Lipinski definition) is 3. The third kappa shape index (κ3) is 3.07. The molecule has 0 unspecified atom stereocenters. The molecule has 0 radical (unpaired) electrons. The number of rotatable bonds is 2. The number of aromatic hydroxyl groups is 1. The molecule has 0 amide bonds. The van der Waals surface area contributed by atoms with E-state index in [0.717, 1.165) is 11.1 Å². The summed E-state index contributed by atoms with van der Waals surface area (Å²) in [4.78, 5) is 21.8. The zero-order valence-corrected chi connectivity index (χ0v) is 11.2. The molecule has 0 aliphatic rings. The summed E-state index contributed by atoms with van der Waals surface area (Å²) in [6, 6.07) is 1.34. The molecule has 6 heteroatoms. The number of aryl methyl sites for hydroxylation is 1. The van der Waals surface area contributed by atoms with Crippen molar-refractivity contribution in [1.82, 2.24) is 4.57 Å². The topological polar surface area (TPSA) is 79.5 Å². The maximum Gasteiger partial charge on any atom is 3.00 e. The van der Waals surface area contributed by atoms with E-state index in [1.165, 1.54) is 13.0 Å². The monoisotopic (exact) mass is 285 g/mol. The Morgan fingerprint density at radius 3 is 2.47 bits per heavy atom. The molecule has 2 N–H and O–H groups in total. The predicted molar refractivity (Wildman–Crippen MR) is 49.2 cm³/mol. The molecule has 1 aromatic heterocycles. The van der Waals surface area contributed by atoms with E-state index in [4.69, 9.17) is 5.11 Å². The molecule has 0 aliphatic heterocycles. The number of carboxylic acid groups (broad SMARTS) is 1. The molecule has 0 aromatic carbocycles. The first-order valence-corrected chi connectivity index (χ1v) is 3.93. The van der Waals surface area contributed by atoms with Gasteiger partial charge in [-0.05, 0) is 19.0 Å². The van der Waals surface area contributed by atoms with E-state index in [1.54, 1.807) is 6.92 Å². The van der Waals surface area contributed by atoms with Gasteiger partial charge in [-0.15, -0.1) is 0 Å². The van der Waals surface area contributed by atoms with Crippen molar-refractivity contribution in [2.24, 2.45) is 0 Å². The average molecular weight is 285 g/mol. The zero-order valence-electron chi connectivity index (χ0n) is 8.39. The van der Waals surface area contributed by atoms with Crippen molar-refractivity contribution in [2.75, 3.05) is 0 Å². The molecule has 1 heterocycles. The summed E-state index contributed by atoms with van der Waals surface area (Å²) in [6.07, 6.45) is 0. The molecule has 0 saturated heterocycles. The Morgan fingerprint density at radius 2 is 2.00 bits per heavy atom. The van der Waals surface area contributed by atoms with Gasteiger partial charge in [-0.1, -0.05) is 18.7 Å². The van der Waals surface area contributed by atoms with Crippen molar-refractivity contribution in [1.29, 1.82) is 0 Å². The fourth-order valence-electron chi connectivity index (χ4n) is 1.10. The van der Waals surface area contributed by atoms with E-state index in [1.807, 2.05) is 0 Å². The number of carboxylic acids is 1. The summed E-state index contributed by atoms with van der Waals surface area (Å²) >= 11 is 0. The van der Waals surface area contributed by atoms with Crippen LogP contribution in [0.2, 0.25) is 0 Å². The van der Waals surface area contributed by atoms with Crippen molar-refractivity contribution < 1.29 is 47.7 Å². The van der Waals surface area contributed by atoms with Crippen molar-refractivity contribution in [3.63, 3.8) is 0 Å². The van der Waals surface area contributed by atoms with Crippen LogP contribution in [0.1, 0.15) is 11.3 Å². The van der Waals surface area contributed by atoms with E-state index < -0.39 is 11.5 Å². The summed E-state index contributed by atoms with van der Waals surface area (Å²) in [5.74, 6) is -1.33. The Labute approximate surface area is 112 Å². The first-order chi connectivity index (χ1) is 6.43. The molecule has 1 aromatic rings. The van der Waals surface area contributed by atoms with E-state index >= 15 is 0 Å². The molecule has 5 nitrogen and oxygen atoms in total. The molecule has 0 fully saturated rings. The standard InChI is InChI=1S/C9H10NO4.Y/c1-5-3-7(11)6(2)9(14)10(5)4-8(12)13;/h3-4,11H,1-2H3,(H,12,13);/q-1;+3. The van der Waals surface area contributed by atoms with Crippen LogP contribution in [-0.2, 0) is 37.5 Å². The molecule has 76 valence electrons. The SMILES string of the molecule is Cc1c(O)cc(C)n([CH-]C(=O)O)c1=O.[Y+3]. The van der Waals surface area contributed by atoms with Gasteiger partial charge in [0.15, 0.2) is 0 Å². The minimum Gasteiger partial charge on any atom is -0.510 e. The second kappa shape index (κ2) is 5.33. The quantitative estimate of drug-likeness (QED) is 0.764. The number of aromatic nitrogens is 1. The van der Waals surface area contributed by atoms with E-state index in [-0.39, 0.29) is 44.0 Å². The fourth-order valence-corrected chi connectivity index (χ4v) is 1.10. The third-order valence-corrected chi connectivity index (χ3v) is 1.89. The summed E-state index contributed by atoms with van der Waals surface area (Å²) < 4.78 is 0.984. The Kier molecular flexibility index (Phi) is 5.04. The van der Waals surface area contributed by atoms with E-state index in [2.05, 4.69) is 0 Å². The van der Waals surface area contributed by atoms with Crippen LogP contribution in [0.5, 0.6) is 5.75 Å². The summed E-state index contributed by atoms with van der Waals surface area (Å²) in [5.41, 5.74) is -0.0153. The van der Waals surface area contributed by atoms with Gasteiger partial charge in [-0.25, -0.2) is 0 Å². The normalized spacial score (nSPS) is 9.20. The van der Waals surface area contributed by atoms with Crippen molar-refractivity contribution in [3.8, 4) is 5.75 Å². The van der Waals surface area contributed by atoms with Crippen LogP contribution in [-0.4, -0.2) is 20.7 Å². The van der Waals surface area contributed by atoms with Crippen LogP contribution in [0, 0.1) is 20.4 Å². The van der Waals surface area contributed by atoms with Crippen molar-refractivity contribution in [3.05, 3.63) is 34.2 Å². The molecular weight excluding hydrogens is 275 g/mol. The first kappa shape index (κ1) is 14.2. The number of carbonyl (C=O) groups is 1. The van der Waals surface area contributed by atoms with Gasteiger partial charge in [-0.3, -0.25) is 4.79 Å². The van der Waals surface area contributed by atoms with Gasteiger partial charge in [0.25, 0.3) is 5.97 Å². The minimum atomic E-state index is -1.21. The fraction of sp³-hybridized carbons (Fsp3) is 0.222. The Balaban J connectivity index is 0.00000196. The molecule has 0 spiro atoms. The summed E-state index contributed by atoms with van der Waals surface area (Å²) in [7, 11) is 0. The molecular formula is C9H10NO4Y+2. The van der Waals surface area contributed by atoms with Gasteiger partial charge in [0, 0.05) is 0 Å². The maximum atomic E-state index is 11.5. The maximum absolute atomic E-state index is 11.5. The third-order valence-electron chi connectivity index (χ3n) is 1.89. The molecule has 0 aliphatic carbocycles. The molecule has 0 saturated carbocycles. The van der Waals surface area contributed by atoms with Crippen LogP contribution in [0.3, 0.4) is 0 Å². The van der Waals surface area contributed by atoms with E-state index in [0.29, 0.717) is 5.69 Å². The van der Waals surface area contributed by atoms with Gasteiger partial charge < -0.3 is 19.6 Å². The summed E-state index contributed by atoms with van der Waals surface area (Å²) in [6.45, 7) is 3.74. The van der Waals surface area contributed by atoms with Crippen molar-refractivity contribution in [2.45, 2.75) is 13.8 Å². The number of pyridine rings is 1. The van der Waals surface area contributed by atoms with Crippen LogP contribution in [0.25, 0.3) is 0 Å². The molecule has 0 atom stereocenters. The minimum absolute atomic E-state index is 0. The van der Waals surface area contributed by atoms with Gasteiger partial charge in [-0.2, -0.15) is 0 Å². The second-order valence-electron chi connectivity index (χ2n) is 2.94. The largest absolute Gasteiger partial charge is 3.00 e. The second-order valence-corrected chi connectivity index (χ2v) is 2.94. The zero-order chi connectivity index (χ0) is 10.9. The molecule has 15 heavy (non-hydrogen) atoms. The van der Waals surface area contributed by atoms with Crippen LogP contribution < -0.4 is 5.56 Å². The van der Waals surface area contributed by atoms with Gasteiger partial charge in [0.2, 0.25) is 0 Å². The number of aliphatic carboxylic acids is 1. The van der Waals surface area contributed by atoms with Crippen LogP contribution in [0.15, 0.2) is 10.9 Å².